The predicted octanol–water partition coefficient (Wildman–Crippen LogP) is 2.09. The monoisotopic (exact) mass is 280 g/mol. The first kappa shape index (κ1) is 14.1. The third-order valence-corrected chi connectivity index (χ3v) is 4.20. The van der Waals surface area contributed by atoms with Gasteiger partial charge in [-0.1, -0.05) is 60.7 Å². The van der Waals surface area contributed by atoms with E-state index in [4.69, 9.17) is 0 Å². The Bertz CT molecular complexity index is 591. The van der Waals surface area contributed by atoms with Gasteiger partial charge in [-0.3, -0.25) is 0 Å². The van der Waals surface area contributed by atoms with E-state index < -0.39 is 0 Å². The van der Waals surface area contributed by atoms with Crippen LogP contribution in [0.2, 0.25) is 0 Å². The summed E-state index contributed by atoms with van der Waals surface area (Å²) < 4.78 is 0. The third-order valence-electron chi connectivity index (χ3n) is 4.20. The van der Waals surface area contributed by atoms with Crippen molar-refractivity contribution >= 4 is 5.57 Å². The minimum atomic E-state index is -0.368. The average Bonchev–Trinajstić information content (AvgIpc) is 2.57. The van der Waals surface area contributed by atoms with Gasteiger partial charge in [-0.25, -0.2) is 0 Å². The molecule has 2 aromatic carbocycles. The Labute approximate surface area is 126 Å². The van der Waals surface area contributed by atoms with Gasteiger partial charge in [0.2, 0.25) is 0 Å². The predicted molar refractivity (Wildman–Crippen MR) is 86.0 cm³/mol. The van der Waals surface area contributed by atoms with E-state index in [0.29, 0.717) is 0 Å². The smallest absolute Gasteiger partial charge is 0.128 e. The fourth-order valence-electron chi connectivity index (χ4n) is 2.95. The Morgan fingerprint density at radius 1 is 0.952 bits per heavy atom. The molecule has 2 heteroatoms. The van der Waals surface area contributed by atoms with Gasteiger partial charge in [-0.15, -0.1) is 0 Å². The molecule has 2 atom stereocenters. The highest BCUT2D eigenvalue weighted by atomic mass is 16.3. The van der Waals surface area contributed by atoms with Crippen molar-refractivity contribution in [3.05, 3.63) is 77.9 Å². The minimum absolute atomic E-state index is 0.368. The Kier molecular flexibility index (Phi) is 4.49. The molecule has 0 aromatic heterocycles. The number of aliphatic hydroxyl groups excluding tert-OH is 1. The van der Waals surface area contributed by atoms with Crippen LogP contribution in [0, 0.1) is 0 Å². The van der Waals surface area contributed by atoms with Crippen LogP contribution in [0.5, 0.6) is 0 Å². The SMILES string of the molecule is O[C@H](C[NH+]1CC=C(c2ccccc2)CC1)c1ccccc1. The van der Waals surface area contributed by atoms with Crippen LogP contribution in [-0.2, 0) is 0 Å². The van der Waals surface area contributed by atoms with Crippen molar-refractivity contribution in [1.29, 1.82) is 0 Å². The van der Waals surface area contributed by atoms with E-state index in [9.17, 15) is 5.11 Å². The second kappa shape index (κ2) is 6.70. The maximum absolute atomic E-state index is 10.3. The van der Waals surface area contributed by atoms with Crippen molar-refractivity contribution in [1.82, 2.24) is 0 Å². The van der Waals surface area contributed by atoms with E-state index >= 15 is 0 Å². The number of benzene rings is 2. The van der Waals surface area contributed by atoms with Crippen molar-refractivity contribution in [2.24, 2.45) is 0 Å². The lowest BCUT2D eigenvalue weighted by molar-refractivity contribution is -0.898. The van der Waals surface area contributed by atoms with Crippen molar-refractivity contribution in [3.63, 3.8) is 0 Å². The molecular weight excluding hydrogens is 258 g/mol. The molecule has 2 N–H and O–H groups in total. The molecule has 0 fully saturated rings. The molecule has 108 valence electrons. The van der Waals surface area contributed by atoms with Crippen LogP contribution in [-0.4, -0.2) is 24.7 Å². The highest BCUT2D eigenvalue weighted by Crippen LogP contribution is 2.18. The zero-order valence-electron chi connectivity index (χ0n) is 12.2. The lowest BCUT2D eigenvalue weighted by atomic mass is 9.99. The van der Waals surface area contributed by atoms with Crippen LogP contribution in [0.25, 0.3) is 5.57 Å². The molecule has 0 aliphatic carbocycles. The summed E-state index contributed by atoms with van der Waals surface area (Å²) in [6, 6.07) is 20.5. The first-order valence-electron chi connectivity index (χ1n) is 7.64. The summed E-state index contributed by atoms with van der Waals surface area (Å²) in [5, 5.41) is 10.3. The molecule has 21 heavy (non-hydrogen) atoms. The Hall–Kier alpha value is -1.90. The number of hydrogen-bond donors (Lipinski definition) is 2. The van der Waals surface area contributed by atoms with Gasteiger partial charge in [-0.2, -0.15) is 0 Å². The minimum Gasteiger partial charge on any atom is -0.382 e. The van der Waals surface area contributed by atoms with Gasteiger partial charge in [0.25, 0.3) is 0 Å². The standard InChI is InChI=1S/C19H21NO/c21-19(18-9-5-2-6-10-18)15-20-13-11-17(12-14-20)16-7-3-1-4-8-16/h1-11,19,21H,12-15H2/p+1/t19-/m1/s1. The highest BCUT2D eigenvalue weighted by Gasteiger charge is 2.19. The van der Waals surface area contributed by atoms with Crippen molar-refractivity contribution < 1.29 is 10.0 Å². The summed E-state index contributed by atoms with van der Waals surface area (Å²) in [4.78, 5) is 1.45. The Balaban J connectivity index is 1.60. The van der Waals surface area contributed by atoms with E-state index in [1.54, 1.807) is 0 Å². The van der Waals surface area contributed by atoms with Crippen molar-refractivity contribution in [2.75, 3.05) is 19.6 Å². The number of quaternary nitrogens is 1. The lowest BCUT2D eigenvalue weighted by Gasteiger charge is -2.25. The second-order valence-electron chi connectivity index (χ2n) is 5.68. The summed E-state index contributed by atoms with van der Waals surface area (Å²) in [5.41, 5.74) is 3.79. The normalized spacial score (nSPS) is 19.9. The molecule has 0 saturated carbocycles. The third kappa shape index (κ3) is 3.60. The van der Waals surface area contributed by atoms with E-state index in [0.717, 1.165) is 31.6 Å². The van der Waals surface area contributed by atoms with E-state index in [1.165, 1.54) is 16.0 Å². The Morgan fingerprint density at radius 3 is 2.24 bits per heavy atom. The quantitative estimate of drug-likeness (QED) is 0.881. The van der Waals surface area contributed by atoms with Gasteiger partial charge in [0.05, 0.1) is 13.1 Å². The zero-order chi connectivity index (χ0) is 14.5. The lowest BCUT2D eigenvalue weighted by Crippen LogP contribution is -3.12. The van der Waals surface area contributed by atoms with Gasteiger partial charge in [0.1, 0.15) is 12.6 Å². The molecule has 1 unspecified atom stereocenters. The molecule has 0 bridgehead atoms. The molecule has 2 nitrogen and oxygen atoms in total. The molecule has 0 saturated heterocycles. The summed E-state index contributed by atoms with van der Waals surface area (Å²) in [5.74, 6) is 0. The number of aliphatic hydroxyl groups is 1. The zero-order valence-corrected chi connectivity index (χ0v) is 12.2. The summed E-state index contributed by atoms with van der Waals surface area (Å²) >= 11 is 0. The van der Waals surface area contributed by atoms with Crippen LogP contribution in [0.4, 0.5) is 0 Å². The summed E-state index contributed by atoms with van der Waals surface area (Å²) in [6.07, 6.45) is 3.04. The van der Waals surface area contributed by atoms with Crippen LogP contribution in [0.3, 0.4) is 0 Å². The molecule has 1 heterocycles. The summed E-state index contributed by atoms with van der Waals surface area (Å²) in [6.45, 7) is 2.86. The maximum Gasteiger partial charge on any atom is 0.128 e. The van der Waals surface area contributed by atoms with Crippen LogP contribution >= 0.6 is 0 Å². The van der Waals surface area contributed by atoms with Crippen LogP contribution < -0.4 is 4.90 Å². The first-order valence-corrected chi connectivity index (χ1v) is 7.64. The van der Waals surface area contributed by atoms with Gasteiger partial charge >= 0.3 is 0 Å². The number of nitrogens with one attached hydrogen (secondary N) is 1. The van der Waals surface area contributed by atoms with Crippen molar-refractivity contribution in [2.45, 2.75) is 12.5 Å². The topological polar surface area (TPSA) is 24.7 Å². The van der Waals surface area contributed by atoms with Gasteiger partial charge in [0.15, 0.2) is 0 Å². The van der Waals surface area contributed by atoms with E-state index in [1.807, 2.05) is 30.3 Å². The molecule has 0 amide bonds. The van der Waals surface area contributed by atoms with Crippen molar-refractivity contribution in [3.8, 4) is 0 Å². The second-order valence-corrected chi connectivity index (χ2v) is 5.68. The molecule has 0 spiro atoms. The van der Waals surface area contributed by atoms with Crippen LogP contribution in [0.1, 0.15) is 23.7 Å². The number of rotatable bonds is 4. The molecule has 0 radical (unpaired) electrons. The first-order chi connectivity index (χ1) is 10.3. The largest absolute Gasteiger partial charge is 0.382 e. The number of hydrogen-bond acceptors (Lipinski definition) is 1. The molecule has 3 rings (SSSR count). The van der Waals surface area contributed by atoms with E-state index in [2.05, 4.69) is 36.4 Å². The van der Waals surface area contributed by atoms with E-state index in [-0.39, 0.29) is 6.10 Å². The highest BCUT2D eigenvalue weighted by molar-refractivity contribution is 5.65. The fraction of sp³-hybridized carbons (Fsp3) is 0.263. The van der Waals surface area contributed by atoms with Crippen LogP contribution in [0.15, 0.2) is 66.7 Å². The van der Waals surface area contributed by atoms with Gasteiger partial charge in [0, 0.05) is 6.42 Å². The summed E-state index contributed by atoms with van der Waals surface area (Å²) in [7, 11) is 0. The average molecular weight is 280 g/mol. The molecule has 1 aliphatic heterocycles. The molecule has 1 aliphatic rings. The van der Waals surface area contributed by atoms with Gasteiger partial charge in [-0.05, 0) is 22.8 Å². The maximum atomic E-state index is 10.3. The molecule has 2 aromatic rings. The fourth-order valence-corrected chi connectivity index (χ4v) is 2.95. The molecular formula is C19H22NO+. The van der Waals surface area contributed by atoms with Gasteiger partial charge < -0.3 is 10.0 Å². The Morgan fingerprint density at radius 2 is 1.62 bits per heavy atom.